The maximum absolute atomic E-state index is 5.92. The number of benzene rings is 2. The van der Waals surface area contributed by atoms with Crippen molar-refractivity contribution in [1.29, 1.82) is 0 Å². The molecule has 0 aliphatic heterocycles. The molecule has 0 aliphatic rings. The molecule has 0 bridgehead atoms. The van der Waals surface area contributed by atoms with E-state index in [2.05, 4.69) is 21.2 Å². The second-order valence-electron chi connectivity index (χ2n) is 4.96. The van der Waals surface area contributed by atoms with Gasteiger partial charge in [-0.1, -0.05) is 15.9 Å². The van der Waals surface area contributed by atoms with E-state index < -0.39 is 0 Å². The molecule has 0 heterocycles. The standard InChI is InChI=1S/C16H19BrN2O2/c1-10(2)21-16-7-12(18)6-14(9-16)19-13-4-11(17)5-15(8-13)20-3/h4-10,19H,18H2,1-3H3. The van der Waals surface area contributed by atoms with Gasteiger partial charge in [-0.15, -0.1) is 0 Å². The van der Waals surface area contributed by atoms with Gasteiger partial charge in [-0.25, -0.2) is 0 Å². The summed E-state index contributed by atoms with van der Waals surface area (Å²) in [5, 5.41) is 3.30. The molecular weight excluding hydrogens is 332 g/mol. The quantitative estimate of drug-likeness (QED) is 0.775. The number of methoxy groups -OCH3 is 1. The van der Waals surface area contributed by atoms with Crippen molar-refractivity contribution < 1.29 is 9.47 Å². The van der Waals surface area contributed by atoms with Gasteiger partial charge in [0.05, 0.1) is 13.2 Å². The van der Waals surface area contributed by atoms with Gasteiger partial charge in [0, 0.05) is 39.7 Å². The van der Waals surface area contributed by atoms with Crippen LogP contribution in [0.3, 0.4) is 0 Å². The third kappa shape index (κ3) is 4.56. The predicted octanol–water partition coefficient (Wildman–Crippen LogP) is 4.57. The molecule has 2 aromatic rings. The monoisotopic (exact) mass is 350 g/mol. The molecule has 21 heavy (non-hydrogen) atoms. The van der Waals surface area contributed by atoms with Crippen LogP contribution in [0.1, 0.15) is 13.8 Å². The number of nitrogen functional groups attached to an aromatic ring is 1. The van der Waals surface area contributed by atoms with Crippen molar-refractivity contribution in [3.8, 4) is 11.5 Å². The summed E-state index contributed by atoms with van der Waals surface area (Å²) in [7, 11) is 1.64. The zero-order valence-corrected chi connectivity index (χ0v) is 13.9. The average molecular weight is 351 g/mol. The summed E-state index contributed by atoms with van der Waals surface area (Å²) < 4.78 is 11.9. The van der Waals surface area contributed by atoms with Gasteiger partial charge >= 0.3 is 0 Å². The molecule has 0 fully saturated rings. The molecule has 0 aliphatic carbocycles. The lowest BCUT2D eigenvalue weighted by Gasteiger charge is -2.14. The van der Waals surface area contributed by atoms with Gasteiger partial charge in [-0.3, -0.25) is 0 Å². The molecule has 2 rings (SSSR count). The van der Waals surface area contributed by atoms with E-state index in [1.807, 2.05) is 50.2 Å². The Bertz CT molecular complexity index is 630. The Kier molecular flexibility index (Phi) is 4.96. The highest BCUT2D eigenvalue weighted by Crippen LogP contribution is 2.30. The summed E-state index contributed by atoms with van der Waals surface area (Å²) in [5.74, 6) is 1.52. The van der Waals surface area contributed by atoms with Crippen LogP contribution in [0.25, 0.3) is 0 Å². The van der Waals surface area contributed by atoms with Crippen LogP contribution >= 0.6 is 15.9 Å². The van der Waals surface area contributed by atoms with Gasteiger partial charge in [0.1, 0.15) is 11.5 Å². The van der Waals surface area contributed by atoms with Gasteiger partial charge in [0.2, 0.25) is 0 Å². The highest BCUT2D eigenvalue weighted by molar-refractivity contribution is 9.10. The van der Waals surface area contributed by atoms with Crippen molar-refractivity contribution in [3.05, 3.63) is 40.9 Å². The van der Waals surface area contributed by atoms with Gasteiger partial charge in [0.25, 0.3) is 0 Å². The summed E-state index contributed by atoms with van der Waals surface area (Å²) in [6, 6.07) is 11.4. The predicted molar refractivity (Wildman–Crippen MR) is 90.6 cm³/mol. The van der Waals surface area contributed by atoms with Gasteiger partial charge < -0.3 is 20.5 Å². The number of halogens is 1. The van der Waals surface area contributed by atoms with Crippen LogP contribution in [0.15, 0.2) is 40.9 Å². The van der Waals surface area contributed by atoms with Crippen LogP contribution < -0.4 is 20.5 Å². The first kappa shape index (κ1) is 15.5. The Labute approximate surface area is 133 Å². The van der Waals surface area contributed by atoms with Gasteiger partial charge in [-0.05, 0) is 32.0 Å². The SMILES string of the molecule is COc1cc(Br)cc(Nc2cc(N)cc(OC(C)C)c2)c1. The normalized spacial score (nSPS) is 10.5. The molecule has 0 amide bonds. The molecule has 0 saturated carbocycles. The fourth-order valence-electron chi connectivity index (χ4n) is 1.95. The number of nitrogens with two attached hydrogens (primary N) is 1. The number of anilines is 3. The van der Waals surface area contributed by atoms with Crippen LogP contribution in [-0.2, 0) is 0 Å². The number of nitrogens with one attached hydrogen (secondary N) is 1. The van der Waals surface area contributed by atoms with E-state index in [9.17, 15) is 0 Å². The first-order valence-corrected chi connectivity index (χ1v) is 7.44. The summed E-state index contributed by atoms with van der Waals surface area (Å²) in [6.07, 6.45) is 0.102. The second kappa shape index (κ2) is 6.72. The minimum absolute atomic E-state index is 0.102. The lowest BCUT2D eigenvalue weighted by molar-refractivity contribution is 0.242. The molecule has 2 aromatic carbocycles. The summed E-state index contributed by atoms with van der Waals surface area (Å²) in [5.41, 5.74) is 8.34. The van der Waals surface area contributed by atoms with Crippen molar-refractivity contribution in [2.75, 3.05) is 18.2 Å². The van der Waals surface area contributed by atoms with Crippen molar-refractivity contribution in [2.24, 2.45) is 0 Å². The molecule has 0 unspecified atom stereocenters. The number of ether oxygens (including phenoxy) is 2. The van der Waals surface area contributed by atoms with Gasteiger partial charge in [-0.2, -0.15) is 0 Å². The molecule has 0 radical (unpaired) electrons. The Morgan fingerprint density at radius 1 is 1.00 bits per heavy atom. The fraction of sp³-hybridized carbons (Fsp3) is 0.250. The maximum Gasteiger partial charge on any atom is 0.123 e. The van der Waals surface area contributed by atoms with E-state index in [0.717, 1.165) is 27.3 Å². The lowest BCUT2D eigenvalue weighted by Crippen LogP contribution is -2.06. The zero-order valence-electron chi connectivity index (χ0n) is 12.3. The number of hydrogen-bond donors (Lipinski definition) is 2. The van der Waals surface area contributed by atoms with Crippen molar-refractivity contribution in [1.82, 2.24) is 0 Å². The van der Waals surface area contributed by atoms with E-state index in [1.165, 1.54) is 0 Å². The Balaban J connectivity index is 2.26. The first-order chi connectivity index (χ1) is 9.96. The molecule has 0 aromatic heterocycles. The summed E-state index contributed by atoms with van der Waals surface area (Å²) >= 11 is 3.46. The van der Waals surface area contributed by atoms with Crippen molar-refractivity contribution in [3.63, 3.8) is 0 Å². The van der Waals surface area contributed by atoms with Gasteiger partial charge in [0.15, 0.2) is 0 Å². The molecule has 4 nitrogen and oxygen atoms in total. The Hall–Kier alpha value is -1.88. The van der Waals surface area contributed by atoms with Crippen LogP contribution in [0.2, 0.25) is 0 Å². The van der Waals surface area contributed by atoms with Crippen molar-refractivity contribution in [2.45, 2.75) is 20.0 Å². The van der Waals surface area contributed by atoms with E-state index >= 15 is 0 Å². The van der Waals surface area contributed by atoms with Crippen LogP contribution in [0, 0.1) is 0 Å². The third-order valence-electron chi connectivity index (χ3n) is 2.70. The Morgan fingerprint density at radius 3 is 2.33 bits per heavy atom. The molecule has 0 atom stereocenters. The topological polar surface area (TPSA) is 56.5 Å². The fourth-order valence-corrected chi connectivity index (χ4v) is 2.43. The average Bonchev–Trinajstić information content (AvgIpc) is 2.36. The van der Waals surface area contributed by atoms with Crippen LogP contribution in [0.5, 0.6) is 11.5 Å². The molecule has 0 spiro atoms. The smallest absolute Gasteiger partial charge is 0.123 e. The molecule has 112 valence electrons. The van der Waals surface area contributed by atoms with E-state index in [-0.39, 0.29) is 6.10 Å². The minimum atomic E-state index is 0.102. The molecular formula is C16H19BrN2O2. The number of rotatable bonds is 5. The maximum atomic E-state index is 5.92. The van der Waals surface area contributed by atoms with E-state index in [0.29, 0.717) is 5.69 Å². The second-order valence-corrected chi connectivity index (χ2v) is 5.88. The molecule has 0 saturated heterocycles. The molecule has 5 heteroatoms. The van der Waals surface area contributed by atoms with E-state index in [1.54, 1.807) is 7.11 Å². The Morgan fingerprint density at radius 2 is 1.67 bits per heavy atom. The highest BCUT2D eigenvalue weighted by Gasteiger charge is 2.05. The van der Waals surface area contributed by atoms with E-state index in [4.69, 9.17) is 15.2 Å². The third-order valence-corrected chi connectivity index (χ3v) is 3.15. The summed E-state index contributed by atoms with van der Waals surface area (Å²) in [4.78, 5) is 0. The lowest BCUT2D eigenvalue weighted by atomic mass is 10.2. The van der Waals surface area contributed by atoms with Crippen molar-refractivity contribution >= 4 is 33.0 Å². The summed E-state index contributed by atoms with van der Waals surface area (Å²) in [6.45, 7) is 3.96. The van der Waals surface area contributed by atoms with Crippen LogP contribution in [0.4, 0.5) is 17.1 Å². The first-order valence-electron chi connectivity index (χ1n) is 6.65. The molecule has 3 N–H and O–H groups in total. The zero-order chi connectivity index (χ0) is 15.4. The largest absolute Gasteiger partial charge is 0.497 e. The van der Waals surface area contributed by atoms with Crippen LogP contribution in [-0.4, -0.2) is 13.2 Å². The number of hydrogen-bond acceptors (Lipinski definition) is 4. The minimum Gasteiger partial charge on any atom is -0.497 e. The highest BCUT2D eigenvalue weighted by atomic mass is 79.9.